The fourth-order valence-corrected chi connectivity index (χ4v) is 3.60. The first-order valence-corrected chi connectivity index (χ1v) is 8.75. The van der Waals surface area contributed by atoms with Crippen LogP contribution in [0.3, 0.4) is 0 Å². The third-order valence-corrected chi connectivity index (χ3v) is 4.79. The van der Waals surface area contributed by atoms with Gasteiger partial charge >= 0.3 is 0 Å². The van der Waals surface area contributed by atoms with Crippen molar-refractivity contribution in [3.05, 3.63) is 54.8 Å². The van der Waals surface area contributed by atoms with E-state index in [0.717, 1.165) is 17.7 Å². The Morgan fingerprint density at radius 1 is 1.38 bits per heavy atom. The molecule has 1 atom stereocenters. The molecule has 0 radical (unpaired) electrons. The van der Waals surface area contributed by atoms with Crippen LogP contribution in [-0.2, 0) is 16.0 Å². The minimum absolute atomic E-state index is 0.112. The fraction of sp³-hybridized carbons (Fsp3) is 0.350. The molecule has 0 aliphatic carbocycles. The van der Waals surface area contributed by atoms with Gasteiger partial charge in [-0.2, -0.15) is 0 Å². The van der Waals surface area contributed by atoms with Crippen LogP contribution in [0.2, 0.25) is 0 Å². The van der Waals surface area contributed by atoms with Crippen molar-refractivity contribution in [2.24, 2.45) is 0 Å². The molecule has 1 aromatic heterocycles. The van der Waals surface area contributed by atoms with Gasteiger partial charge in [-0.1, -0.05) is 41.6 Å². The van der Waals surface area contributed by atoms with Gasteiger partial charge in [-0.05, 0) is 12.8 Å². The van der Waals surface area contributed by atoms with Crippen molar-refractivity contribution < 1.29 is 14.1 Å². The Morgan fingerprint density at radius 3 is 2.85 bits per heavy atom. The molecule has 6 heteroatoms. The molecule has 3 rings (SSSR count). The van der Waals surface area contributed by atoms with Crippen LogP contribution in [0.25, 0.3) is 11.3 Å². The van der Waals surface area contributed by atoms with E-state index in [4.69, 9.17) is 4.52 Å². The fourth-order valence-electron chi connectivity index (χ4n) is 3.60. The van der Waals surface area contributed by atoms with Crippen molar-refractivity contribution in [3.63, 3.8) is 0 Å². The maximum absolute atomic E-state index is 12.9. The number of likely N-dealkylation sites (tertiary alicyclic amines) is 1. The maximum atomic E-state index is 12.9. The van der Waals surface area contributed by atoms with Crippen LogP contribution in [0.5, 0.6) is 0 Å². The molecule has 0 saturated carbocycles. The first-order chi connectivity index (χ1) is 12.6. The van der Waals surface area contributed by atoms with E-state index in [-0.39, 0.29) is 11.8 Å². The third kappa shape index (κ3) is 3.40. The number of carbonyl (C=O) groups excluding carboxylic acids is 2. The summed E-state index contributed by atoms with van der Waals surface area (Å²) in [6.07, 6.45) is 3.30. The highest BCUT2D eigenvalue weighted by Crippen LogP contribution is 2.34. The second-order valence-corrected chi connectivity index (χ2v) is 6.53. The van der Waals surface area contributed by atoms with E-state index in [9.17, 15) is 9.59 Å². The molecule has 1 N–H and O–H groups in total. The molecule has 0 spiro atoms. The minimum Gasteiger partial charge on any atom is -0.361 e. The Kier molecular flexibility index (Phi) is 5.21. The molecule has 2 amide bonds. The first kappa shape index (κ1) is 17.9. The number of benzene rings is 1. The Morgan fingerprint density at radius 2 is 2.15 bits per heavy atom. The topological polar surface area (TPSA) is 75.4 Å². The first-order valence-electron chi connectivity index (χ1n) is 8.75. The lowest BCUT2D eigenvalue weighted by molar-refractivity contribution is -0.143. The van der Waals surface area contributed by atoms with Crippen molar-refractivity contribution in [1.29, 1.82) is 0 Å². The minimum atomic E-state index is -0.942. The van der Waals surface area contributed by atoms with Crippen molar-refractivity contribution in [3.8, 4) is 11.3 Å². The summed E-state index contributed by atoms with van der Waals surface area (Å²) in [6, 6.07) is 11.5. The standard InChI is InChI=1S/C20H23N3O3/c1-3-11-21-19(25)20(10-7-12-23(20)15(2)24)14-17-13-18(22-26-17)16-8-5-4-6-9-16/h3-6,8-9,13H,1,7,10-12,14H2,2H3,(H,21,25)/t20-/m0/s1. The molecular formula is C20H23N3O3. The zero-order chi connectivity index (χ0) is 18.6. The number of amides is 2. The van der Waals surface area contributed by atoms with Gasteiger partial charge < -0.3 is 14.7 Å². The number of aromatic nitrogens is 1. The lowest BCUT2D eigenvalue weighted by Gasteiger charge is -2.35. The predicted molar refractivity (Wildman–Crippen MR) is 98.2 cm³/mol. The Bertz CT molecular complexity index is 800. The van der Waals surface area contributed by atoms with Crippen LogP contribution in [0.4, 0.5) is 0 Å². The zero-order valence-corrected chi connectivity index (χ0v) is 14.9. The number of carbonyl (C=O) groups is 2. The lowest BCUT2D eigenvalue weighted by atomic mass is 9.89. The highest BCUT2D eigenvalue weighted by molar-refractivity contribution is 5.92. The molecule has 1 aliphatic rings. The summed E-state index contributed by atoms with van der Waals surface area (Å²) < 4.78 is 5.50. The maximum Gasteiger partial charge on any atom is 0.246 e. The molecule has 6 nitrogen and oxygen atoms in total. The number of hydrogen-bond donors (Lipinski definition) is 1. The smallest absolute Gasteiger partial charge is 0.246 e. The number of nitrogens with zero attached hydrogens (tertiary/aromatic N) is 2. The van der Waals surface area contributed by atoms with Crippen LogP contribution in [-0.4, -0.2) is 40.5 Å². The van der Waals surface area contributed by atoms with Gasteiger partial charge in [0, 0.05) is 38.1 Å². The molecule has 2 heterocycles. The number of nitrogens with one attached hydrogen (secondary N) is 1. The Hall–Kier alpha value is -2.89. The van der Waals surface area contributed by atoms with Gasteiger partial charge in [-0.15, -0.1) is 6.58 Å². The summed E-state index contributed by atoms with van der Waals surface area (Å²) in [6.45, 7) is 6.06. The molecule has 1 aliphatic heterocycles. The van der Waals surface area contributed by atoms with E-state index in [1.807, 2.05) is 36.4 Å². The second-order valence-electron chi connectivity index (χ2n) is 6.53. The van der Waals surface area contributed by atoms with Crippen LogP contribution in [0.15, 0.2) is 53.6 Å². The van der Waals surface area contributed by atoms with E-state index < -0.39 is 5.54 Å². The van der Waals surface area contributed by atoms with Gasteiger partial charge in [0.05, 0.1) is 0 Å². The van der Waals surface area contributed by atoms with Crippen LogP contribution in [0.1, 0.15) is 25.5 Å². The summed E-state index contributed by atoms with van der Waals surface area (Å²) in [5.74, 6) is 0.299. The summed E-state index contributed by atoms with van der Waals surface area (Å²) in [5, 5.41) is 6.97. The molecule has 1 saturated heterocycles. The van der Waals surface area contributed by atoms with E-state index in [1.165, 1.54) is 6.92 Å². The molecule has 0 bridgehead atoms. The monoisotopic (exact) mass is 353 g/mol. The molecule has 26 heavy (non-hydrogen) atoms. The molecule has 1 fully saturated rings. The van der Waals surface area contributed by atoms with Crippen LogP contribution >= 0.6 is 0 Å². The van der Waals surface area contributed by atoms with Gasteiger partial charge in [0.25, 0.3) is 0 Å². The predicted octanol–water partition coefficient (Wildman–Crippen LogP) is 2.57. The van der Waals surface area contributed by atoms with E-state index in [2.05, 4.69) is 17.1 Å². The molecule has 0 unspecified atom stereocenters. The molecule has 1 aromatic carbocycles. The van der Waals surface area contributed by atoms with E-state index >= 15 is 0 Å². The molecule has 136 valence electrons. The van der Waals surface area contributed by atoms with Crippen molar-refractivity contribution in [2.75, 3.05) is 13.1 Å². The van der Waals surface area contributed by atoms with Gasteiger partial charge in [0.2, 0.25) is 11.8 Å². The summed E-state index contributed by atoms with van der Waals surface area (Å²) in [5.41, 5.74) is 0.722. The van der Waals surface area contributed by atoms with Gasteiger partial charge in [-0.3, -0.25) is 9.59 Å². The summed E-state index contributed by atoms with van der Waals surface area (Å²) >= 11 is 0. The SMILES string of the molecule is C=CCNC(=O)[C@@]1(Cc2cc(-c3ccccc3)no2)CCCN1C(C)=O. The normalized spacial score (nSPS) is 19.3. The highest BCUT2D eigenvalue weighted by Gasteiger charge is 2.49. The Balaban J connectivity index is 1.89. The Labute approximate surface area is 152 Å². The van der Waals surface area contributed by atoms with Gasteiger partial charge in [-0.25, -0.2) is 0 Å². The molecular weight excluding hydrogens is 330 g/mol. The summed E-state index contributed by atoms with van der Waals surface area (Å²) in [7, 11) is 0. The van der Waals surface area contributed by atoms with E-state index in [1.54, 1.807) is 11.0 Å². The largest absolute Gasteiger partial charge is 0.361 e. The van der Waals surface area contributed by atoms with Crippen molar-refractivity contribution >= 4 is 11.8 Å². The number of rotatable bonds is 6. The van der Waals surface area contributed by atoms with E-state index in [0.29, 0.717) is 31.7 Å². The van der Waals surface area contributed by atoms with Crippen molar-refractivity contribution in [1.82, 2.24) is 15.4 Å². The summed E-state index contributed by atoms with van der Waals surface area (Å²) in [4.78, 5) is 26.7. The average molecular weight is 353 g/mol. The average Bonchev–Trinajstić information content (AvgIpc) is 3.28. The second kappa shape index (κ2) is 7.56. The van der Waals surface area contributed by atoms with Crippen LogP contribution < -0.4 is 5.32 Å². The number of hydrogen-bond acceptors (Lipinski definition) is 4. The van der Waals surface area contributed by atoms with Crippen LogP contribution in [0, 0.1) is 0 Å². The van der Waals surface area contributed by atoms with Gasteiger partial charge in [0.15, 0.2) is 0 Å². The quantitative estimate of drug-likeness (QED) is 0.810. The zero-order valence-electron chi connectivity index (χ0n) is 14.9. The lowest BCUT2D eigenvalue weighted by Crippen LogP contribution is -2.58. The highest BCUT2D eigenvalue weighted by atomic mass is 16.5. The molecule has 2 aromatic rings. The third-order valence-electron chi connectivity index (χ3n) is 4.79. The van der Waals surface area contributed by atoms with Crippen molar-refractivity contribution in [2.45, 2.75) is 31.7 Å². The van der Waals surface area contributed by atoms with Gasteiger partial charge in [0.1, 0.15) is 17.0 Å².